The van der Waals surface area contributed by atoms with Crippen molar-refractivity contribution in [3.8, 4) is 0 Å². The first-order chi connectivity index (χ1) is 8.00. The Bertz CT molecular complexity index is 364. The Hall–Kier alpha value is -1.09. The Kier molecular flexibility index (Phi) is 3.38. The van der Waals surface area contributed by atoms with Crippen LogP contribution in [0.1, 0.15) is 32.8 Å². The molecule has 1 aliphatic heterocycles. The highest BCUT2D eigenvalue weighted by Crippen LogP contribution is 2.25. The fraction of sp³-hybridized carbons (Fsp3) is 0.643. The van der Waals surface area contributed by atoms with Crippen LogP contribution in [0.2, 0.25) is 0 Å². The van der Waals surface area contributed by atoms with Gasteiger partial charge in [0, 0.05) is 19.3 Å². The minimum absolute atomic E-state index is 0.177. The molecular weight excluding hydrogens is 210 g/mol. The number of nitrogens with two attached hydrogens (primary N) is 1. The Morgan fingerprint density at radius 2 is 2.18 bits per heavy atom. The molecule has 2 N–H and O–H groups in total. The van der Waals surface area contributed by atoms with Crippen LogP contribution < -0.4 is 10.6 Å². The number of hydrogen-bond donors (Lipinski definition) is 1. The summed E-state index contributed by atoms with van der Waals surface area (Å²) in [7, 11) is 0. The standard InChI is InChI=1S/C14H23N3/c1-14(2,3)12-4-5-13(16-9-12)17-7-6-11(8-15)10-17/h4-5,9,11H,6-8,10,15H2,1-3H3. The van der Waals surface area contributed by atoms with Crippen molar-refractivity contribution >= 4 is 5.82 Å². The second kappa shape index (κ2) is 4.65. The maximum absolute atomic E-state index is 5.71. The fourth-order valence-corrected chi connectivity index (χ4v) is 2.25. The quantitative estimate of drug-likeness (QED) is 0.851. The molecule has 94 valence electrons. The van der Waals surface area contributed by atoms with Gasteiger partial charge >= 0.3 is 0 Å². The van der Waals surface area contributed by atoms with Crippen molar-refractivity contribution in [1.82, 2.24) is 4.98 Å². The van der Waals surface area contributed by atoms with Crippen LogP contribution in [0.4, 0.5) is 5.82 Å². The molecule has 0 aromatic carbocycles. The summed E-state index contributed by atoms with van der Waals surface area (Å²) in [5, 5.41) is 0. The molecule has 0 spiro atoms. The first-order valence-electron chi connectivity index (χ1n) is 6.42. The molecular formula is C14H23N3. The van der Waals surface area contributed by atoms with Crippen LogP contribution in [0.3, 0.4) is 0 Å². The highest BCUT2D eigenvalue weighted by molar-refractivity contribution is 5.41. The summed E-state index contributed by atoms with van der Waals surface area (Å²) >= 11 is 0. The van der Waals surface area contributed by atoms with Gasteiger partial charge in [0.1, 0.15) is 5.82 Å². The molecule has 2 rings (SSSR count). The minimum Gasteiger partial charge on any atom is -0.356 e. The molecule has 3 heteroatoms. The van der Waals surface area contributed by atoms with Gasteiger partial charge in [-0.1, -0.05) is 26.8 Å². The van der Waals surface area contributed by atoms with E-state index in [1.807, 2.05) is 6.20 Å². The topological polar surface area (TPSA) is 42.1 Å². The molecule has 1 aromatic heterocycles. The van der Waals surface area contributed by atoms with Crippen LogP contribution >= 0.6 is 0 Å². The molecule has 3 nitrogen and oxygen atoms in total. The molecule has 1 aliphatic rings. The van der Waals surface area contributed by atoms with Gasteiger partial charge in [-0.25, -0.2) is 4.98 Å². The molecule has 2 heterocycles. The molecule has 0 amide bonds. The zero-order chi connectivity index (χ0) is 12.5. The average Bonchev–Trinajstić information content (AvgIpc) is 2.76. The second-order valence-electron chi connectivity index (χ2n) is 5.99. The van der Waals surface area contributed by atoms with E-state index in [4.69, 9.17) is 5.73 Å². The largest absolute Gasteiger partial charge is 0.356 e. The Morgan fingerprint density at radius 1 is 1.41 bits per heavy atom. The van der Waals surface area contributed by atoms with E-state index >= 15 is 0 Å². The highest BCUT2D eigenvalue weighted by Gasteiger charge is 2.22. The van der Waals surface area contributed by atoms with Gasteiger partial charge in [0.25, 0.3) is 0 Å². The third-order valence-electron chi connectivity index (χ3n) is 3.56. The highest BCUT2D eigenvalue weighted by atomic mass is 15.2. The summed E-state index contributed by atoms with van der Waals surface area (Å²) in [5.41, 5.74) is 7.17. The van der Waals surface area contributed by atoms with E-state index in [0.717, 1.165) is 25.5 Å². The van der Waals surface area contributed by atoms with Gasteiger partial charge in [-0.05, 0) is 35.9 Å². The van der Waals surface area contributed by atoms with Crippen LogP contribution in [-0.2, 0) is 5.41 Å². The molecule has 0 saturated carbocycles. The smallest absolute Gasteiger partial charge is 0.128 e. The van der Waals surface area contributed by atoms with Crippen molar-refractivity contribution in [2.45, 2.75) is 32.6 Å². The van der Waals surface area contributed by atoms with Crippen LogP contribution in [0.25, 0.3) is 0 Å². The predicted molar refractivity (Wildman–Crippen MR) is 72.3 cm³/mol. The van der Waals surface area contributed by atoms with Gasteiger partial charge in [-0.2, -0.15) is 0 Å². The summed E-state index contributed by atoms with van der Waals surface area (Å²) in [6.45, 7) is 9.57. The van der Waals surface area contributed by atoms with Gasteiger partial charge < -0.3 is 10.6 Å². The zero-order valence-corrected chi connectivity index (χ0v) is 11.1. The number of anilines is 1. The summed E-state index contributed by atoms with van der Waals surface area (Å²) in [4.78, 5) is 6.92. The normalized spacial score (nSPS) is 20.9. The van der Waals surface area contributed by atoms with Gasteiger partial charge in [-0.3, -0.25) is 0 Å². The van der Waals surface area contributed by atoms with Crippen LogP contribution in [0.15, 0.2) is 18.3 Å². The Balaban J connectivity index is 2.09. The Labute approximate surface area is 104 Å². The van der Waals surface area contributed by atoms with Crippen LogP contribution in [0, 0.1) is 5.92 Å². The molecule has 0 aliphatic carbocycles. The van der Waals surface area contributed by atoms with Crippen molar-refractivity contribution in [2.24, 2.45) is 11.7 Å². The molecule has 1 aromatic rings. The van der Waals surface area contributed by atoms with E-state index in [0.29, 0.717) is 5.92 Å². The second-order valence-corrected chi connectivity index (χ2v) is 5.99. The maximum atomic E-state index is 5.71. The van der Waals surface area contributed by atoms with E-state index in [9.17, 15) is 0 Å². The number of nitrogens with zero attached hydrogens (tertiary/aromatic N) is 2. The number of rotatable bonds is 2. The Morgan fingerprint density at radius 3 is 2.65 bits per heavy atom. The first kappa shape index (κ1) is 12.4. The SMILES string of the molecule is CC(C)(C)c1ccc(N2CCC(CN)C2)nc1. The van der Waals surface area contributed by atoms with Crippen molar-refractivity contribution < 1.29 is 0 Å². The number of hydrogen-bond acceptors (Lipinski definition) is 3. The third-order valence-corrected chi connectivity index (χ3v) is 3.56. The maximum Gasteiger partial charge on any atom is 0.128 e. The molecule has 1 atom stereocenters. The minimum atomic E-state index is 0.177. The van der Waals surface area contributed by atoms with Gasteiger partial charge in [0.15, 0.2) is 0 Å². The van der Waals surface area contributed by atoms with Crippen molar-refractivity contribution in [1.29, 1.82) is 0 Å². The van der Waals surface area contributed by atoms with Crippen molar-refractivity contribution in [2.75, 3.05) is 24.5 Å². The van der Waals surface area contributed by atoms with Gasteiger partial charge in [0.2, 0.25) is 0 Å². The summed E-state index contributed by atoms with van der Waals surface area (Å²) in [5.74, 6) is 1.73. The molecule has 17 heavy (non-hydrogen) atoms. The first-order valence-corrected chi connectivity index (χ1v) is 6.42. The molecule has 0 bridgehead atoms. The molecule has 1 saturated heterocycles. The number of aromatic nitrogens is 1. The van der Waals surface area contributed by atoms with E-state index in [1.54, 1.807) is 0 Å². The monoisotopic (exact) mass is 233 g/mol. The van der Waals surface area contributed by atoms with E-state index in [-0.39, 0.29) is 5.41 Å². The lowest BCUT2D eigenvalue weighted by Crippen LogP contribution is -2.23. The van der Waals surface area contributed by atoms with Crippen LogP contribution in [-0.4, -0.2) is 24.6 Å². The predicted octanol–water partition coefficient (Wildman–Crippen LogP) is 2.16. The van der Waals surface area contributed by atoms with E-state index in [1.165, 1.54) is 12.0 Å². The average molecular weight is 233 g/mol. The lowest BCUT2D eigenvalue weighted by molar-refractivity contribution is 0.587. The van der Waals surface area contributed by atoms with Gasteiger partial charge in [0.05, 0.1) is 0 Å². The number of pyridine rings is 1. The van der Waals surface area contributed by atoms with Crippen LogP contribution in [0.5, 0.6) is 0 Å². The molecule has 1 unspecified atom stereocenters. The zero-order valence-electron chi connectivity index (χ0n) is 11.1. The fourth-order valence-electron chi connectivity index (χ4n) is 2.25. The van der Waals surface area contributed by atoms with Crippen molar-refractivity contribution in [3.63, 3.8) is 0 Å². The molecule has 0 radical (unpaired) electrons. The van der Waals surface area contributed by atoms with Gasteiger partial charge in [-0.15, -0.1) is 0 Å². The van der Waals surface area contributed by atoms with E-state index < -0.39 is 0 Å². The summed E-state index contributed by atoms with van der Waals surface area (Å²) in [6, 6.07) is 4.33. The van der Waals surface area contributed by atoms with E-state index in [2.05, 4.69) is 42.8 Å². The summed E-state index contributed by atoms with van der Waals surface area (Å²) < 4.78 is 0. The van der Waals surface area contributed by atoms with Crippen molar-refractivity contribution in [3.05, 3.63) is 23.9 Å². The lowest BCUT2D eigenvalue weighted by atomic mass is 9.88. The molecule has 1 fully saturated rings. The summed E-state index contributed by atoms with van der Waals surface area (Å²) in [6.07, 6.45) is 3.20. The lowest BCUT2D eigenvalue weighted by Gasteiger charge is -2.21. The third kappa shape index (κ3) is 2.78.